The van der Waals surface area contributed by atoms with Gasteiger partial charge in [-0.05, 0) is 25.7 Å². The second-order valence-corrected chi connectivity index (χ2v) is 7.09. The van der Waals surface area contributed by atoms with Gasteiger partial charge in [-0.1, -0.05) is 20.8 Å². The highest BCUT2D eigenvalue weighted by Crippen LogP contribution is 2.37. The number of hydrogen-bond acceptors (Lipinski definition) is 4. The minimum atomic E-state index is -0.692. The molecule has 2 amide bonds. The van der Waals surface area contributed by atoms with Crippen molar-refractivity contribution in [1.82, 2.24) is 9.80 Å². The molecular formula is C16H24N2O4. The molecular weight excluding hydrogens is 284 g/mol. The van der Waals surface area contributed by atoms with Crippen molar-refractivity contribution in [3.05, 3.63) is 0 Å². The number of ether oxygens (including phenoxy) is 1. The fourth-order valence-corrected chi connectivity index (χ4v) is 3.65. The van der Waals surface area contributed by atoms with Crippen molar-refractivity contribution in [3.63, 3.8) is 0 Å². The molecule has 0 radical (unpaired) electrons. The summed E-state index contributed by atoms with van der Waals surface area (Å²) in [7, 11) is 0. The van der Waals surface area contributed by atoms with Crippen molar-refractivity contribution in [2.24, 2.45) is 5.41 Å². The SMILES string of the molecule is CCC(C)(C)C(=O)C(=O)N1C2CCCC1[C@@H]1OCCN1C2=O. The molecule has 3 rings (SSSR count). The number of Topliss-reactive ketones (excluding diaryl/α,β-unsaturated/α-hetero) is 1. The van der Waals surface area contributed by atoms with E-state index in [1.165, 1.54) is 4.90 Å². The van der Waals surface area contributed by atoms with Crippen LogP contribution in [0.3, 0.4) is 0 Å². The van der Waals surface area contributed by atoms with Crippen LogP contribution in [0.2, 0.25) is 0 Å². The third kappa shape index (κ3) is 2.16. The summed E-state index contributed by atoms with van der Waals surface area (Å²) in [6, 6.07) is -0.663. The van der Waals surface area contributed by atoms with E-state index >= 15 is 0 Å². The van der Waals surface area contributed by atoms with E-state index in [2.05, 4.69) is 0 Å². The van der Waals surface area contributed by atoms with Crippen molar-refractivity contribution >= 4 is 17.6 Å². The maximum atomic E-state index is 12.8. The molecule has 0 aliphatic carbocycles. The van der Waals surface area contributed by atoms with E-state index in [-0.39, 0.29) is 18.2 Å². The van der Waals surface area contributed by atoms with Crippen LogP contribution >= 0.6 is 0 Å². The van der Waals surface area contributed by atoms with Crippen LogP contribution in [-0.2, 0) is 19.1 Å². The number of carbonyl (C=O) groups excluding carboxylic acids is 3. The zero-order valence-corrected chi connectivity index (χ0v) is 13.5. The maximum Gasteiger partial charge on any atom is 0.291 e. The summed E-state index contributed by atoms with van der Waals surface area (Å²) in [5, 5.41) is 0. The van der Waals surface area contributed by atoms with E-state index in [9.17, 15) is 14.4 Å². The van der Waals surface area contributed by atoms with Gasteiger partial charge in [-0.15, -0.1) is 0 Å². The van der Waals surface area contributed by atoms with Gasteiger partial charge in [0, 0.05) is 12.0 Å². The Morgan fingerprint density at radius 2 is 2.05 bits per heavy atom. The standard InChI is InChI=1S/C16H24N2O4/c1-4-16(2,3)12(19)14(21)18-10-6-5-7-11(18)15-17(13(10)20)8-9-22-15/h10-11,15H,4-9H2,1-3H3/t10?,11?,15-/m0/s1. The molecule has 0 N–H and O–H groups in total. The molecule has 3 fully saturated rings. The number of carbonyl (C=O) groups is 3. The van der Waals surface area contributed by atoms with E-state index in [0.29, 0.717) is 26.0 Å². The second kappa shape index (κ2) is 5.33. The molecule has 0 aromatic rings. The first-order chi connectivity index (χ1) is 10.4. The summed E-state index contributed by atoms with van der Waals surface area (Å²) >= 11 is 0. The molecule has 0 spiro atoms. The van der Waals surface area contributed by atoms with Crippen LogP contribution < -0.4 is 0 Å². The largest absolute Gasteiger partial charge is 0.354 e. The Kier molecular flexibility index (Phi) is 3.75. The average molecular weight is 308 g/mol. The molecule has 3 aliphatic heterocycles. The number of ketones is 1. The Morgan fingerprint density at radius 1 is 1.32 bits per heavy atom. The molecule has 0 aromatic carbocycles. The first-order valence-electron chi connectivity index (χ1n) is 8.17. The predicted octanol–water partition coefficient (Wildman–Crippen LogP) is 0.940. The lowest BCUT2D eigenvalue weighted by Crippen LogP contribution is -2.69. The van der Waals surface area contributed by atoms with Crippen LogP contribution in [0.5, 0.6) is 0 Å². The second-order valence-electron chi connectivity index (χ2n) is 7.09. The lowest BCUT2D eigenvalue weighted by atomic mass is 9.82. The van der Waals surface area contributed by atoms with Crippen molar-refractivity contribution in [3.8, 4) is 0 Å². The average Bonchev–Trinajstić information content (AvgIpc) is 3.00. The van der Waals surface area contributed by atoms with Gasteiger partial charge in [-0.3, -0.25) is 14.4 Å². The molecule has 2 unspecified atom stereocenters. The minimum absolute atomic E-state index is 0.0612. The summed E-state index contributed by atoms with van der Waals surface area (Å²) in [5.74, 6) is -0.967. The van der Waals surface area contributed by atoms with Gasteiger partial charge in [0.2, 0.25) is 11.7 Å². The van der Waals surface area contributed by atoms with Gasteiger partial charge in [0.05, 0.1) is 12.6 Å². The topological polar surface area (TPSA) is 66.9 Å². The van der Waals surface area contributed by atoms with Gasteiger partial charge in [-0.2, -0.15) is 0 Å². The van der Waals surface area contributed by atoms with Crippen LogP contribution in [0, 0.1) is 5.41 Å². The lowest BCUT2D eigenvalue weighted by Gasteiger charge is -2.50. The number of rotatable bonds is 3. The van der Waals surface area contributed by atoms with E-state index in [0.717, 1.165) is 12.8 Å². The number of fused-ring (bicyclic) bond motifs is 4. The molecule has 2 bridgehead atoms. The molecule has 6 nitrogen and oxygen atoms in total. The Balaban J connectivity index is 1.91. The fraction of sp³-hybridized carbons (Fsp3) is 0.812. The van der Waals surface area contributed by atoms with Gasteiger partial charge in [0.1, 0.15) is 6.04 Å². The zero-order chi connectivity index (χ0) is 16.1. The van der Waals surface area contributed by atoms with Crippen molar-refractivity contribution in [2.45, 2.75) is 64.8 Å². The maximum absolute atomic E-state index is 12.8. The third-order valence-corrected chi connectivity index (χ3v) is 5.42. The van der Waals surface area contributed by atoms with Gasteiger partial charge in [0.25, 0.3) is 5.91 Å². The highest BCUT2D eigenvalue weighted by Gasteiger charge is 2.54. The van der Waals surface area contributed by atoms with Crippen LogP contribution in [0.15, 0.2) is 0 Å². The number of piperazine rings is 1. The van der Waals surface area contributed by atoms with Crippen LogP contribution in [-0.4, -0.2) is 58.9 Å². The number of piperidine rings is 1. The number of nitrogens with zero attached hydrogens (tertiary/aromatic N) is 2. The normalized spacial score (nSPS) is 31.2. The Bertz CT molecular complexity index is 516. The van der Waals surface area contributed by atoms with E-state index < -0.39 is 23.1 Å². The van der Waals surface area contributed by atoms with Gasteiger partial charge in [0.15, 0.2) is 6.23 Å². The van der Waals surface area contributed by atoms with Gasteiger partial charge < -0.3 is 14.5 Å². The summed E-state index contributed by atoms with van der Waals surface area (Å²) in [5.41, 5.74) is -0.692. The minimum Gasteiger partial charge on any atom is -0.354 e. The van der Waals surface area contributed by atoms with Crippen molar-refractivity contribution in [1.29, 1.82) is 0 Å². The molecule has 0 saturated carbocycles. The molecule has 3 atom stereocenters. The van der Waals surface area contributed by atoms with Crippen LogP contribution in [0.25, 0.3) is 0 Å². The molecule has 6 heteroatoms. The summed E-state index contributed by atoms with van der Waals surface area (Å²) < 4.78 is 5.69. The number of amides is 2. The highest BCUT2D eigenvalue weighted by atomic mass is 16.5. The summed E-state index contributed by atoms with van der Waals surface area (Å²) in [4.78, 5) is 41.3. The molecule has 122 valence electrons. The van der Waals surface area contributed by atoms with Crippen molar-refractivity contribution in [2.75, 3.05) is 13.2 Å². The molecule has 3 saturated heterocycles. The fourth-order valence-electron chi connectivity index (χ4n) is 3.65. The van der Waals surface area contributed by atoms with Crippen LogP contribution in [0.4, 0.5) is 0 Å². The summed E-state index contributed by atoms with van der Waals surface area (Å²) in [6.07, 6.45) is 2.55. The van der Waals surface area contributed by atoms with E-state index in [4.69, 9.17) is 4.74 Å². The monoisotopic (exact) mass is 308 g/mol. The Labute approximate surface area is 130 Å². The van der Waals surface area contributed by atoms with Crippen molar-refractivity contribution < 1.29 is 19.1 Å². The first-order valence-corrected chi connectivity index (χ1v) is 8.17. The quantitative estimate of drug-likeness (QED) is 0.728. The molecule has 3 aliphatic rings. The van der Waals surface area contributed by atoms with Crippen LogP contribution in [0.1, 0.15) is 46.5 Å². The first kappa shape index (κ1) is 15.5. The van der Waals surface area contributed by atoms with Gasteiger partial charge >= 0.3 is 0 Å². The molecule has 0 aromatic heterocycles. The lowest BCUT2D eigenvalue weighted by molar-refractivity contribution is -0.178. The zero-order valence-electron chi connectivity index (χ0n) is 13.5. The van der Waals surface area contributed by atoms with E-state index in [1.54, 1.807) is 18.7 Å². The Hall–Kier alpha value is -1.43. The molecule has 22 heavy (non-hydrogen) atoms. The smallest absolute Gasteiger partial charge is 0.291 e. The van der Waals surface area contributed by atoms with Gasteiger partial charge in [-0.25, -0.2) is 0 Å². The highest BCUT2D eigenvalue weighted by molar-refractivity contribution is 6.38. The summed E-state index contributed by atoms with van der Waals surface area (Å²) in [6.45, 7) is 6.57. The molecule has 3 heterocycles. The third-order valence-electron chi connectivity index (χ3n) is 5.42. The Morgan fingerprint density at radius 3 is 2.73 bits per heavy atom. The van der Waals surface area contributed by atoms with E-state index in [1.807, 2.05) is 6.92 Å². The predicted molar refractivity (Wildman–Crippen MR) is 78.8 cm³/mol. The number of hydrogen-bond donors (Lipinski definition) is 0.